The van der Waals surface area contributed by atoms with Crippen LogP contribution >= 0.6 is 0 Å². The van der Waals surface area contributed by atoms with Gasteiger partial charge in [0, 0.05) is 6.04 Å². The van der Waals surface area contributed by atoms with E-state index in [4.69, 9.17) is 10.2 Å². The van der Waals surface area contributed by atoms with Crippen LogP contribution in [-0.4, -0.2) is 46.8 Å². The molecule has 2 amide bonds. The Morgan fingerprint density at radius 2 is 2.14 bits per heavy atom. The van der Waals surface area contributed by atoms with E-state index in [-0.39, 0.29) is 24.4 Å². The minimum absolute atomic E-state index is 0.0599. The second kappa shape index (κ2) is 6.12. The average molecular weight is 305 g/mol. The predicted octanol–water partition coefficient (Wildman–Crippen LogP) is 1.03. The van der Waals surface area contributed by atoms with Gasteiger partial charge in [0.1, 0.15) is 11.5 Å². The summed E-state index contributed by atoms with van der Waals surface area (Å²) in [5.74, 6) is 1.40. The Balaban J connectivity index is 1.64. The summed E-state index contributed by atoms with van der Waals surface area (Å²) in [4.78, 5) is 27.9. The van der Waals surface area contributed by atoms with Crippen molar-refractivity contribution in [2.45, 2.75) is 51.2 Å². The molecule has 1 saturated heterocycles. The molecule has 22 heavy (non-hydrogen) atoms. The van der Waals surface area contributed by atoms with E-state index >= 15 is 0 Å². The number of aryl methyl sites for hydroxylation is 1. The van der Waals surface area contributed by atoms with Crippen LogP contribution in [0.1, 0.15) is 37.2 Å². The van der Waals surface area contributed by atoms with Crippen molar-refractivity contribution in [3.63, 3.8) is 0 Å². The van der Waals surface area contributed by atoms with Crippen molar-refractivity contribution in [2.24, 2.45) is 5.73 Å². The molecular weight excluding hydrogens is 282 g/mol. The fraction of sp³-hybridized carbons (Fsp3) is 0.625. The van der Waals surface area contributed by atoms with Gasteiger partial charge in [0.2, 0.25) is 11.8 Å². The molecule has 3 rings (SSSR count). The van der Waals surface area contributed by atoms with E-state index in [1.165, 1.54) is 0 Å². The number of nitrogens with zero attached hydrogens (tertiary/aromatic N) is 2. The lowest BCUT2D eigenvalue weighted by molar-refractivity contribution is -0.135. The number of primary amides is 1. The van der Waals surface area contributed by atoms with Gasteiger partial charge in [0.25, 0.3) is 0 Å². The number of likely N-dealkylation sites (tertiary alicyclic amines) is 1. The first kappa shape index (κ1) is 15.1. The molecule has 2 aliphatic rings. The number of furan rings is 1. The van der Waals surface area contributed by atoms with Gasteiger partial charge in [-0.2, -0.15) is 0 Å². The van der Waals surface area contributed by atoms with Crippen LogP contribution in [0.25, 0.3) is 0 Å². The van der Waals surface area contributed by atoms with Crippen LogP contribution in [0.4, 0.5) is 0 Å². The second-order valence-electron chi connectivity index (χ2n) is 6.30. The third kappa shape index (κ3) is 3.32. The van der Waals surface area contributed by atoms with Crippen LogP contribution < -0.4 is 5.73 Å². The molecule has 2 heterocycles. The summed E-state index contributed by atoms with van der Waals surface area (Å²) in [6, 6.07) is 3.84. The molecule has 1 unspecified atom stereocenters. The van der Waals surface area contributed by atoms with Gasteiger partial charge in [-0.3, -0.25) is 14.5 Å². The predicted molar refractivity (Wildman–Crippen MR) is 80.8 cm³/mol. The molecule has 0 bridgehead atoms. The molecular formula is C16H23N3O3. The third-order valence-corrected chi connectivity index (χ3v) is 4.46. The molecule has 0 spiro atoms. The van der Waals surface area contributed by atoms with Crippen molar-refractivity contribution in [1.29, 1.82) is 0 Å². The number of rotatable bonds is 6. The number of hydrogen-bond donors (Lipinski definition) is 1. The normalized spacial score (nSPS) is 22.0. The number of nitrogens with two attached hydrogens (primary N) is 1. The molecule has 6 nitrogen and oxygen atoms in total. The van der Waals surface area contributed by atoms with Crippen molar-refractivity contribution in [3.05, 3.63) is 23.7 Å². The molecule has 1 saturated carbocycles. The second-order valence-corrected chi connectivity index (χ2v) is 6.30. The van der Waals surface area contributed by atoms with Crippen LogP contribution in [0.3, 0.4) is 0 Å². The molecule has 1 aliphatic carbocycles. The summed E-state index contributed by atoms with van der Waals surface area (Å²) in [6.45, 7) is 3.43. The minimum Gasteiger partial charge on any atom is -0.464 e. The average Bonchev–Trinajstić information content (AvgIpc) is 3.05. The number of carbonyl (C=O) groups is 2. The van der Waals surface area contributed by atoms with Crippen molar-refractivity contribution in [1.82, 2.24) is 9.80 Å². The van der Waals surface area contributed by atoms with Crippen molar-refractivity contribution in [3.8, 4) is 0 Å². The summed E-state index contributed by atoms with van der Waals surface area (Å²) in [7, 11) is 0. The zero-order valence-electron chi connectivity index (χ0n) is 13.0. The number of carbonyl (C=O) groups excluding carboxylic acids is 2. The van der Waals surface area contributed by atoms with Gasteiger partial charge in [0.15, 0.2) is 0 Å². The minimum atomic E-state index is -0.329. The first-order valence-corrected chi connectivity index (χ1v) is 7.93. The highest BCUT2D eigenvalue weighted by Gasteiger charge is 2.36. The van der Waals surface area contributed by atoms with Crippen LogP contribution in [0.5, 0.6) is 0 Å². The monoisotopic (exact) mass is 305 g/mol. The summed E-state index contributed by atoms with van der Waals surface area (Å²) in [5, 5.41) is 0. The topological polar surface area (TPSA) is 79.8 Å². The van der Waals surface area contributed by atoms with Gasteiger partial charge < -0.3 is 15.1 Å². The van der Waals surface area contributed by atoms with Gasteiger partial charge >= 0.3 is 0 Å². The smallest absolute Gasteiger partial charge is 0.237 e. The molecule has 6 heteroatoms. The summed E-state index contributed by atoms with van der Waals surface area (Å²) in [5.41, 5.74) is 5.42. The lowest BCUT2D eigenvalue weighted by atomic mass is 10.2. The lowest BCUT2D eigenvalue weighted by Gasteiger charge is -2.27. The Morgan fingerprint density at radius 1 is 1.36 bits per heavy atom. The van der Waals surface area contributed by atoms with Gasteiger partial charge in [0.05, 0.1) is 19.1 Å². The van der Waals surface area contributed by atoms with Crippen LogP contribution in [-0.2, 0) is 16.1 Å². The highest BCUT2D eigenvalue weighted by Crippen LogP contribution is 2.29. The van der Waals surface area contributed by atoms with E-state index in [1.54, 1.807) is 0 Å². The molecule has 1 aromatic rings. The van der Waals surface area contributed by atoms with Gasteiger partial charge in [-0.15, -0.1) is 0 Å². The highest BCUT2D eigenvalue weighted by molar-refractivity contribution is 5.83. The Kier molecular flexibility index (Phi) is 4.20. The Morgan fingerprint density at radius 3 is 2.73 bits per heavy atom. The first-order valence-electron chi connectivity index (χ1n) is 7.93. The van der Waals surface area contributed by atoms with E-state index in [0.717, 1.165) is 43.7 Å². The van der Waals surface area contributed by atoms with Crippen LogP contribution in [0, 0.1) is 6.92 Å². The zero-order valence-corrected chi connectivity index (χ0v) is 13.0. The molecule has 1 aliphatic heterocycles. The number of amides is 2. The van der Waals surface area contributed by atoms with Gasteiger partial charge in [-0.25, -0.2) is 0 Å². The summed E-state index contributed by atoms with van der Waals surface area (Å²) < 4.78 is 5.59. The Hall–Kier alpha value is -1.82. The summed E-state index contributed by atoms with van der Waals surface area (Å²) in [6.07, 6.45) is 3.76. The van der Waals surface area contributed by atoms with E-state index < -0.39 is 0 Å². The molecule has 0 radical (unpaired) electrons. The highest BCUT2D eigenvalue weighted by atomic mass is 16.3. The van der Waals surface area contributed by atoms with Crippen molar-refractivity contribution in [2.75, 3.05) is 13.1 Å². The Labute approximate surface area is 130 Å². The zero-order chi connectivity index (χ0) is 15.7. The van der Waals surface area contributed by atoms with Gasteiger partial charge in [-0.1, -0.05) is 0 Å². The first-order chi connectivity index (χ1) is 10.5. The maximum absolute atomic E-state index is 12.7. The maximum atomic E-state index is 12.7. The molecule has 0 aromatic carbocycles. The Bertz CT molecular complexity index is 565. The van der Waals surface area contributed by atoms with E-state index in [2.05, 4.69) is 0 Å². The fourth-order valence-electron chi connectivity index (χ4n) is 3.15. The fourth-order valence-corrected chi connectivity index (χ4v) is 3.15. The lowest BCUT2D eigenvalue weighted by Crippen LogP contribution is -2.46. The number of hydrogen-bond acceptors (Lipinski definition) is 4. The van der Waals surface area contributed by atoms with Crippen LogP contribution in [0.2, 0.25) is 0 Å². The van der Waals surface area contributed by atoms with Crippen molar-refractivity contribution >= 4 is 11.8 Å². The third-order valence-electron chi connectivity index (χ3n) is 4.46. The van der Waals surface area contributed by atoms with Crippen LogP contribution in [0.15, 0.2) is 16.5 Å². The SMILES string of the molecule is Cc1ccc(CN(C(=O)CN2CCCC2C(N)=O)C2CC2)o1. The van der Waals surface area contributed by atoms with Gasteiger partial charge in [-0.05, 0) is 51.3 Å². The largest absolute Gasteiger partial charge is 0.464 e. The van der Waals surface area contributed by atoms with E-state index in [9.17, 15) is 9.59 Å². The molecule has 120 valence electrons. The molecule has 2 N–H and O–H groups in total. The standard InChI is InChI=1S/C16H23N3O3/c1-11-4-7-13(22-11)9-19(12-5-6-12)15(20)10-18-8-2-3-14(18)16(17)21/h4,7,12,14H,2-3,5-6,8-10H2,1H3,(H2,17,21). The summed E-state index contributed by atoms with van der Waals surface area (Å²) >= 11 is 0. The quantitative estimate of drug-likeness (QED) is 0.851. The van der Waals surface area contributed by atoms with E-state index in [0.29, 0.717) is 12.6 Å². The molecule has 1 aromatic heterocycles. The molecule has 1 atom stereocenters. The molecule has 2 fully saturated rings. The maximum Gasteiger partial charge on any atom is 0.237 e. The van der Waals surface area contributed by atoms with Crippen molar-refractivity contribution < 1.29 is 14.0 Å². The van der Waals surface area contributed by atoms with E-state index in [1.807, 2.05) is 28.9 Å².